The molecule has 1 amide bonds. The largest absolute Gasteiger partial charge is 0.480 e. The molecule has 2 N–H and O–H groups in total. The van der Waals surface area contributed by atoms with Crippen molar-refractivity contribution < 1.29 is 14.7 Å². The molecule has 0 aromatic rings. The third-order valence-electron chi connectivity index (χ3n) is 4.59. The molecule has 1 saturated carbocycles. The van der Waals surface area contributed by atoms with Crippen LogP contribution in [0.4, 0.5) is 0 Å². The first kappa shape index (κ1) is 15.3. The lowest BCUT2D eigenvalue weighted by molar-refractivity contribution is -0.142. The Labute approximate surface area is 120 Å². The number of carbonyl (C=O) groups is 2. The molecule has 1 aliphatic heterocycles. The second-order valence-electron chi connectivity index (χ2n) is 6.09. The number of carbonyl (C=O) groups excluding carboxylic acids is 1. The number of likely N-dealkylation sites (tertiary alicyclic amines) is 1. The van der Waals surface area contributed by atoms with Gasteiger partial charge in [-0.05, 0) is 38.1 Å². The molecule has 0 radical (unpaired) electrons. The van der Waals surface area contributed by atoms with E-state index in [1.807, 2.05) is 4.90 Å². The number of nitrogens with zero attached hydrogens (tertiary/aromatic N) is 1. The molecule has 1 aliphatic carbocycles. The molecule has 0 aromatic carbocycles. The number of hydrogen-bond donors (Lipinski definition) is 2. The summed E-state index contributed by atoms with van der Waals surface area (Å²) in [6, 6.07) is -0.388. The van der Waals surface area contributed by atoms with E-state index in [9.17, 15) is 9.59 Å². The maximum Gasteiger partial charge on any atom is 0.320 e. The molecule has 0 aromatic heterocycles. The van der Waals surface area contributed by atoms with Crippen LogP contribution in [0.25, 0.3) is 0 Å². The van der Waals surface area contributed by atoms with Crippen molar-refractivity contribution in [3.63, 3.8) is 0 Å². The monoisotopic (exact) mass is 282 g/mol. The van der Waals surface area contributed by atoms with Crippen molar-refractivity contribution in [3.8, 4) is 0 Å². The van der Waals surface area contributed by atoms with Gasteiger partial charge in [-0.1, -0.05) is 19.3 Å². The summed E-state index contributed by atoms with van der Waals surface area (Å²) in [7, 11) is 0. The van der Waals surface area contributed by atoms with Crippen LogP contribution in [0.2, 0.25) is 0 Å². The van der Waals surface area contributed by atoms with Crippen LogP contribution in [-0.4, -0.2) is 47.6 Å². The molecule has 1 saturated heterocycles. The third kappa shape index (κ3) is 4.47. The summed E-state index contributed by atoms with van der Waals surface area (Å²) >= 11 is 0. The van der Waals surface area contributed by atoms with Crippen LogP contribution in [0.15, 0.2) is 0 Å². The first-order valence-electron chi connectivity index (χ1n) is 7.90. The quantitative estimate of drug-likeness (QED) is 0.777. The van der Waals surface area contributed by atoms with E-state index in [2.05, 4.69) is 5.32 Å². The maximum absolute atomic E-state index is 11.8. The highest BCUT2D eigenvalue weighted by molar-refractivity contribution is 5.76. The summed E-state index contributed by atoms with van der Waals surface area (Å²) in [4.78, 5) is 24.8. The van der Waals surface area contributed by atoms with Gasteiger partial charge in [-0.25, -0.2) is 0 Å². The Morgan fingerprint density at radius 2 is 1.85 bits per heavy atom. The molecule has 1 unspecified atom stereocenters. The lowest BCUT2D eigenvalue weighted by Crippen LogP contribution is -2.39. The minimum atomic E-state index is -0.759. The van der Waals surface area contributed by atoms with Gasteiger partial charge in [0.15, 0.2) is 0 Å². The Morgan fingerprint density at radius 3 is 2.55 bits per heavy atom. The Hall–Kier alpha value is -1.10. The molecule has 5 nitrogen and oxygen atoms in total. The molecule has 1 heterocycles. The fourth-order valence-corrected chi connectivity index (χ4v) is 3.36. The minimum Gasteiger partial charge on any atom is -0.480 e. The van der Waals surface area contributed by atoms with Crippen molar-refractivity contribution in [2.45, 2.75) is 57.4 Å². The second-order valence-corrected chi connectivity index (χ2v) is 6.09. The molecular formula is C15H26N2O3. The Balaban J connectivity index is 1.63. The third-order valence-corrected chi connectivity index (χ3v) is 4.59. The van der Waals surface area contributed by atoms with Crippen LogP contribution < -0.4 is 5.32 Å². The zero-order chi connectivity index (χ0) is 14.4. The van der Waals surface area contributed by atoms with Crippen molar-refractivity contribution in [1.82, 2.24) is 10.2 Å². The topological polar surface area (TPSA) is 69.6 Å². The van der Waals surface area contributed by atoms with E-state index in [1.165, 1.54) is 32.1 Å². The van der Waals surface area contributed by atoms with Crippen molar-refractivity contribution >= 4 is 11.9 Å². The van der Waals surface area contributed by atoms with Crippen LogP contribution in [0.1, 0.15) is 51.4 Å². The standard InChI is InChI=1S/C15H26N2O3/c18-14(16-11-12-5-2-1-3-6-12)8-10-17-9-4-7-13(17)15(19)20/h12-13H,1-11H2,(H,16,18)(H,19,20). The van der Waals surface area contributed by atoms with Gasteiger partial charge in [0.1, 0.15) is 6.04 Å². The van der Waals surface area contributed by atoms with E-state index >= 15 is 0 Å². The van der Waals surface area contributed by atoms with Crippen molar-refractivity contribution in [1.29, 1.82) is 0 Å². The van der Waals surface area contributed by atoms with E-state index < -0.39 is 5.97 Å². The van der Waals surface area contributed by atoms with Crippen molar-refractivity contribution in [2.75, 3.05) is 19.6 Å². The molecule has 0 spiro atoms. The number of hydrogen-bond acceptors (Lipinski definition) is 3. The zero-order valence-corrected chi connectivity index (χ0v) is 12.1. The van der Waals surface area contributed by atoms with Crippen LogP contribution >= 0.6 is 0 Å². The number of aliphatic carboxylic acids is 1. The van der Waals surface area contributed by atoms with Gasteiger partial charge in [0, 0.05) is 19.5 Å². The molecule has 5 heteroatoms. The summed E-state index contributed by atoms with van der Waals surface area (Å²) in [5.74, 6) is -0.0528. The summed E-state index contributed by atoms with van der Waals surface area (Å²) in [6.07, 6.45) is 8.40. The smallest absolute Gasteiger partial charge is 0.320 e. The molecule has 2 aliphatic rings. The molecule has 2 rings (SSSR count). The predicted molar refractivity (Wildman–Crippen MR) is 76.4 cm³/mol. The van der Waals surface area contributed by atoms with Crippen LogP contribution in [0.3, 0.4) is 0 Å². The second kappa shape index (κ2) is 7.62. The molecule has 0 bridgehead atoms. The fraction of sp³-hybridized carbons (Fsp3) is 0.867. The zero-order valence-electron chi connectivity index (χ0n) is 12.1. The van der Waals surface area contributed by atoms with Gasteiger partial charge in [0.2, 0.25) is 5.91 Å². The Morgan fingerprint density at radius 1 is 1.10 bits per heavy atom. The van der Waals surface area contributed by atoms with Gasteiger partial charge in [0.25, 0.3) is 0 Å². The average Bonchev–Trinajstić information content (AvgIpc) is 2.92. The van der Waals surface area contributed by atoms with E-state index in [4.69, 9.17) is 5.11 Å². The first-order valence-corrected chi connectivity index (χ1v) is 7.90. The highest BCUT2D eigenvalue weighted by Gasteiger charge is 2.30. The highest BCUT2D eigenvalue weighted by atomic mass is 16.4. The highest BCUT2D eigenvalue weighted by Crippen LogP contribution is 2.22. The molecule has 2 fully saturated rings. The number of carboxylic acids is 1. The number of carboxylic acid groups (broad SMARTS) is 1. The van der Waals surface area contributed by atoms with Gasteiger partial charge < -0.3 is 10.4 Å². The number of amides is 1. The maximum atomic E-state index is 11.8. The lowest BCUT2D eigenvalue weighted by Gasteiger charge is -2.23. The molecule has 114 valence electrons. The lowest BCUT2D eigenvalue weighted by atomic mass is 9.89. The molecule has 20 heavy (non-hydrogen) atoms. The van der Waals surface area contributed by atoms with E-state index in [1.54, 1.807) is 0 Å². The summed E-state index contributed by atoms with van der Waals surface area (Å²) in [5.41, 5.74) is 0. The summed E-state index contributed by atoms with van der Waals surface area (Å²) in [5, 5.41) is 12.1. The van der Waals surface area contributed by atoms with Gasteiger partial charge in [-0.2, -0.15) is 0 Å². The van der Waals surface area contributed by atoms with Crippen molar-refractivity contribution in [2.24, 2.45) is 5.92 Å². The molecule has 1 atom stereocenters. The fourth-order valence-electron chi connectivity index (χ4n) is 3.36. The van der Waals surface area contributed by atoms with E-state index in [0.29, 0.717) is 25.3 Å². The van der Waals surface area contributed by atoms with Crippen LogP contribution in [-0.2, 0) is 9.59 Å². The van der Waals surface area contributed by atoms with Crippen molar-refractivity contribution in [3.05, 3.63) is 0 Å². The van der Waals surface area contributed by atoms with Gasteiger partial charge in [-0.15, -0.1) is 0 Å². The van der Waals surface area contributed by atoms with Gasteiger partial charge in [0.05, 0.1) is 0 Å². The summed E-state index contributed by atoms with van der Waals surface area (Å²) < 4.78 is 0. The van der Waals surface area contributed by atoms with E-state index in [-0.39, 0.29) is 11.9 Å². The minimum absolute atomic E-state index is 0.0617. The normalized spacial score (nSPS) is 24.7. The Bertz CT molecular complexity index is 340. The SMILES string of the molecule is O=C(CCN1CCCC1C(=O)O)NCC1CCCCC1. The van der Waals surface area contributed by atoms with Gasteiger partial charge in [-0.3, -0.25) is 14.5 Å². The average molecular weight is 282 g/mol. The van der Waals surface area contributed by atoms with Gasteiger partial charge >= 0.3 is 5.97 Å². The van der Waals surface area contributed by atoms with Crippen LogP contribution in [0, 0.1) is 5.92 Å². The molecular weight excluding hydrogens is 256 g/mol. The predicted octanol–water partition coefficient (Wildman–Crippen LogP) is 1.62. The Kier molecular flexibility index (Phi) is 5.83. The number of nitrogens with one attached hydrogen (secondary N) is 1. The van der Waals surface area contributed by atoms with E-state index in [0.717, 1.165) is 19.5 Å². The summed E-state index contributed by atoms with van der Waals surface area (Å²) in [6.45, 7) is 2.15. The van der Waals surface area contributed by atoms with Crippen LogP contribution in [0.5, 0.6) is 0 Å². The first-order chi connectivity index (χ1) is 9.66. The number of rotatable bonds is 6.